The molecule has 0 saturated heterocycles. The van der Waals surface area contributed by atoms with E-state index in [4.69, 9.17) is 23.2 Å². The number of nitro groups is 1. The van der Waals surface area contributed by atoms with Crippen molar-refractivity contribution in [1.29, 1.82) is 0 Å². The Morgan fingerprint density at radius 1 is 1.20 bits per heavy atom. The molecule has 3 rings (SSSR count). The van der Waals surface area contributed by atoms with Crippen LogP contribution in [0.2, 0.25) is 10.0 Å². The highest BCUT2D eigenvalue weighted by atomic mass is 35.5. The molecular formula is C22H22Cl2N6O4S. The van der Waals surface area contributed by atoms with Crippen LogP contribution in [0.4, 0.5) is 11.4 Å². The molecule has 0 aliphatic rings. The Hall–Kier alpha value is -3.15. The van der Waals surface area contributed by atoms with Gasteiger partial charge < -0.3 is 10.6 Å². The third kappa shape index (κ3) is 6.93. The zero-order valence-electron chi connectivity index (χ0n) is 19.0. The highest BCUT2D eigenvalue weighted by Gasteiger charge is 2.24. The fraction of sp³-hybridized carbons (Fsp3) is 0.273. The quantitative estimate of drug-likeness (QED) is 0.194. The Balaban J connectivity index is 1.64. The number of H-pyrrole nitrogens is 1. The molecule has 10 nitrogen and oxygen atoms in total. The summed E-state index contributed by atoms with van der Waals surface area (Å²) in [5, 5.41) is 24.4. The lowest BCUT2D eigenvalue weighted by atomic mass is 10.0. The fourth-order valence-corrected chi connectivity index (χ4v) is 4.18. The molecule has 0 spiro atoms. The molecule has 3 N–H and O–H groups in total. The summed E-state index contributed by atoms with van der Waals surface area (Å²) >= 11 is 13.1. The molecule has 0 fully saturated rings. The molecule has 1 atom stereocenters. The minimum absolute atomic E-state index is 0.0154. The topological polar surface area (TPSA) is 143 Å². The molecule has 184 valence electrons. The molecule has 2 aromatic carbocycles. The van der Waals surface area contributed by atoms with Crippen LogP contribution < -0.4 is 10.6 Å². The molecule has 0 saturated carbocycles. The molecule has 1 heterocycles. The van der Waals surface area contributed by atoms with E-state index in [-0.39, 0.29) is 39.8 Å². The number of aryl methyl sites for hydroxylation is 1. The SMILES string of the molecule is Cc1ccc([N+](=O)[O-])cc1NC(=O)CSc1n[nH]c([C@H](NC(=O)c2ccc(Cl)cc2Cl)C(C)C)n1. The van der Waals surface area contributed by atoms with Crippen LogP contribution in [0.1, 0.15) is 41.6 Å². The van der Waals surface area contributed by atoms with Crippen molar-refractivity contribution in [3.05, 3.63) is 73.5 Å². The number of non-ortho nitro benzene ring substituents is 1. The zero-order chi connectivity index (χ0) is 25.7. The molecule has 3 aromatic rings. The molecule has 13 heteroatoms. The maximum atomic E-state index is 12.8. The van der Waals surface area contributed by atoms with Gasteiger partial charge in [0.25, 0.3) is 11.6 Å². The summed E-state index contributed by atoms with van der Waals surface area (Å²) in [4.78, 5) is 40.0. The van der Waals surface area contributed by atoms with Gasteiger partial charge in [0.05, 0.1) is 33.0 Å². The van der Waals surface area contributed by atoms with Crippen LogP contribution in [0.3, 0.4) is 0 Å². The lowest BCUT2D eigenvalue weighted by Crippen LogP contribution is -2.32. The van der Waals surface area contributed by atoms with E-state index in [1.54, 1.807) is 25.1 Å². The van der Waals surface area contributed by atoms with E-state index in [1.807, 2.05) is 13.8 Å². The van der Waals surface area contributed by atoms with Crippen LogP contribution in [0, 0.1) is 23.0 Å². The minimum Gasteiger partial charge on any atom is -0.342 e. The van der Waals surface area contributed by atoms with Crippen LogP contribution >= 0.6 is 35.0 Å². The van der Waals surface area contributed by atoms with Gasteiger partial charge in [0.15, 0.2) is 0 Å². The predicted molar refractivity (Wildman–Crippen MR) is 135 cm³/mol. The third-order valence-corrected chi connectivity index (χ3v) is 6.34. The maximum absolute atomic E-state index is 12.8. The second-order valence-electron chi connectivity index (χ2n) is 7.92. The van der Waals surface area contributed by atoms with Gasteiger partial charge in [0, 0.05) is 17.2 Å². The van der Waals surface area contributed by atoms with Gasteiger partial charge in [0.1, 0.15) is 5.82 Å². The third-order valence-electron chi connectivity index (χ3n) is 4.94. The lowest BCUT2D eigenvalue weighted by molar-refractivity contribution is -0.384. The van der Waals surface area contributed by atoms with Crippen LogP contribution in [-0.4, -0.2) is 37.7 Å². The number of rotatable bonds is 9. The Bertz CT molecular complexity index is 1270. The number of nitrogens with one attached hydrogen (secondary N) is 3. The number of aromatic amines is 1. The normalized spacial score (nSPS) is 11.8. The molecule has 0 bridgehead atoms. The number of nitro benzene ring substituents is 1. The molecule has 2 amide bonds. The maximum Gasteiger partial charge on any atom is 0.271 e. The molecule has 0 radical (unpaired) electrons. The zero-order valence-corrected chi connectivity index (χ0v) is 21.3. The highest BCUT2D eigenvalue weighted by molar-refractivity contribution is 7.99. The van der Waals surface area contributed by atoms with Gasteiger partial charge >= 0.3 is 0 Å². The van der Waals surface area contributed by atoms with Crippen molar-refractivity contribution in [3.63, 3.8) is 0 Å². The van der Waals surface area contributed by atoms with Crippen LogP contribution in [-0.2, 0) is 4.79 Å². The van der Waals surface area contributed by atoms with E-state index >= 15 is 0 Å². The standard InChI is InChI=1S/C22H22Cl2N6O4S/c1-11(2)19(26-21(32)15-7-5-13(23)8-16(15)24)20-27-22(29-28-20)35-10-18(31)25-17-9-14(30(33)34)6-4-12(17)3/h4-9,11,19H,10H2,1-3H3,(H,25,31)(H,26,32)(H,27,28,29)/t19-/m1/s1. The van der Waals surface area contributed by atoms with Crippen molar-refractivity contribution < 1.29 is 14.5 Å². The number of hydrogen-bond donors (Lipinski definition) is 3. The van der Waals surface area contributed by atoms with Crippen molar-refractivity contribution in [2.45, 2.75) is 32.0 Å². The van der Waals surface area contributed by atoms with Gasteiger partial charge in [-0.25, -0.2) is 4.98 Å². The van der Waals surface area contributed by atoms with Crippen LogP contribution in [0.15, 0.2) is 41.6 Å². The van der Waals surface area contributed by atoms with E-state index in [0.717, 1.165) is 11.8 Å². The summed E-state index contributed by atoms with van der Waals surface area (Å²) in [6.07, 6.45) is 0. The van der Waals surface area contributed by atoms with E-state index in [1.165, 1.54) is 18.2 Å². The summed E-state index contributed by atoms with van der Waals surface area (Å²) in [5.41, 5.74) is 1.23. The van der Waals surface area contributed by atoms with Crippen LogP contribution in [0.5, 0.6) is 0 Å². The lowest BCUT2D eigenvalue weighted by Gasteiger charge is -2.20. The number of anilines is 1. The average Bonchev–Trinajstić information content (AvgIpc) is 3.25. The second kappa shape index (κ2) is 11.5. The molecular weight excluding hydrogens is 515 g/mol. The predicted octanol–water partition coefficient (Wildman–Crippen LogP) is 5.19. The summed E-state index contributed by atoms with van der Waals surface area (Å²) in [7, 11) is 0. The molecule has 35 heavy (non-hydrogen) atoms. The Morgan fingerprint density at radius 2 is 1.94 bits per heavy atom. The number of amides is 2. The summed E-state index contributed by atoms with van der Waals surface area (Å²) < 4.78 is 0. The van der Waals surface area contributed by atoms with E-state index < -0.39 is 11.0 Å². The van der Waals surface area contributed by atoms with Gasteiger partial charge in [-0.1, -0.05) is 54.9 Å². The molecule has 1 aromatic heterocycles. The van der Waals surface area contributed by atoms with Crippen molar-refractivity contribution in [1.82, 2.24) is 20.5 Å². The summed E-state index contributed by atoms with van der Waals surface area (Å²) in [6.45, 7) is 5.57. The second-order valence-corrected chi connectivity index (χ2v) is 9.70. The largest absolute Gasteiger partial charge is 0.342 e. The van der Waals surface area contributed by atoms with Crippen molar-refractivity contribution in [3.8, 4) is 0 Å². The van der Waals surface area contributed by atoms with Crippen LogP contribution in [0.25, 0.3) is 0 Å². The first-order chi connectivity index (χ1) is 16.5. The molecule has 0 unspecified atom stereocenters. The Labute approximate surface area is 215 Å². The minimum atomic E-state index is -0.524. The number of carbonyl (C=O) groups is 2. The van der Waals surface area contributed by atoms with Gasteiger partial charge in [-0.2, -0.15) is 0 Å². The first-order valence-electron chi connectivity index (χ1n) is 10.4. The van der Waals surface area contributed by atoms with E-state index in [0.29, 0.717) is 27.3 Å². The first-order valence-corrected chi connectivity index (χ1v) is 12.1. The summed E-state index contributed by atoms with van der Waals surface area (Å²) in [5.74, 6) is -0.371. The molecule has 0 aliphatic carbocycles. The van der Waals surface area contributed by atoms with E-state index in [9.17, 15) is 19.7 Å². The van der Waals surface area contributed by atoms with Gasteiger partial charge in [-0.3, -0.25) is 24.8 Å². The first kappa shape index (κ1) is 26.5. The number of nitrogens with zero attached hydrogens (tertiary/aromatic N) is 3. The molecule has 0 aliphatic heterocycles. The van der Waals surface area contributed by atoms with Crippen molar-refractivity contribution in [2.75, 3.05) is 11.1 Å². The number of hydrogen-bond acceptors (Lipinski definition) is 7. The smallest absolute Gasteiger partial charge is 0.271 e. The fourth-order valence-electron chi connectivity index (χ4n) is 3.08. The Kier molecular flexibility index (Phi) is 8.71. The van der Waals surface area contributed by atoms with Crippen molar-refractivity contribution in [2.24, 2.45) is 5.92 Å². The highest BCUT2D eigenvalue weighted by Crippen LogP contribution is 2.26. The monoisotopic (exact) mass is 536 g/mol. The average molecular weight is 537 g/mol. The van der Waals surface area contributed by atoms with Gasteiger partial charge in [-0.15, -0.1) is 5.10 Å². The summed E-state index contributed by atoms with van der Waals surface area (Å²) in [6, 6.07) is 8.38. The number of halogens is 2. The number of benzene rings is 2. The number of thioether (sulfide) groups is 1. The number of aromatic nitrogens is 3. The van der Waals surface area contributed by atoms with Crippen molar-refractivity contribution >= 4 is 58.2 Å². The number of carbonyl (C=O) groups excluding carboxylic acids is 2. The van der Waals surface area contributed by atoms with Gasteiger partial charge in [-0.05, 0) is 36.6 Å². The van der Waals surface area contributed by atoms with E-state index in [2.05, 4.69) is 25.8 Å². The van der Waals surface area contributed by atoms with Gasteiger partial charge in [0.2, 0.25) is 11.1 Å². The Morgan fingerprint density at radius 3 is 2.60 bits per heavy atom.